The first kappa shape index (κ1) is 22.4. The van der Waals surface area contributed by atoms with Gasteiger partial charge < -0.3 is 24.1 Å². The number of benzene rings is 2. The number of hydrogen-bond donors (Lipinski definition) is 1. The molecular weight excluding hydrogens is 392 g/mol. The summed E-state index contributed by atoms with van der Waals surface area (Å²) < 4.78 is 20.5. The Morgan fingerprint density at radius 2 is 1.43 bits per heavy atom. The van der Waals surface area contributed by atoms with E-state index in [9.17, 15) is 14.4 Å². The van der Waals surface area contributed by atoms with Crippen molar-refractivity contribution in [2.75, 3.05) is 19.8 Å². The third-order valence-electron chi connectivity index (χ3n) is 3.57. The van der Waals surface area contributed by atoms with Crippen molar-refractivity contribution < 1.29 is 38.4 Å². The molecule has 0 fully saturated rings. The molecule has 0 radical (unpaired) electrons. The predicted molar refractivity (Wildman–Crippen MR) is 106 cm³/mol. The number of ether oxygens (including phenoxy) is 4. The lowest BCUT2D eigenvalue weighted by Crippen LogP contribution is -2.15. The molecule has 156 valence electrons. The fourth-order valence-corrected chi connectivity index (χ4v) is 2.05. The van der Waals surface area contributed by atoms with Crippen molar-refractivity contribution in [3.8, 4) is 17.2 Å². The highest BCUT2D eigenvalue weighted by Gasteiger charge is 2.10. The molecule has 30 heavy (non-hydrogen) atoms. The van der Waals surface area contributed by atoms with E-state index in [1.54, 1.807) is 24.3 Å². The Bertz CT molecular complexity index is 913. The third kappa shape index (κ3) is 6.92. The Hall–Kier alpha value is -3.91. The molecule has 0 spiro atoms. The molecule has 0 aliphatic rings. The van der Waals surface area contributed by atoms with Crippen molar-refractivity contribution in [2.45, 2.75) is 0 Å². The Balaban J connectivity index is 1.81. The zero-order chi connectivity index (χ0) is 21.9. The molecule has 0 heterocycles. The fraction of sp³-hybridized carbons (Fsp3) is 0.136. The van der Waals surface area contributed by atoms with Gasteiger partial charge in [-0.2, -0.15) is 0 Å². The van der Waals surface area contributed by atoms with Crippen LogP contribution in [0.1, 0.15) is 10.4 Å². The van der Waals surface area contributed by atoms with E-state index in [-0.39, 0.29) is 30.1 Å². The summed E-state index contributed by atoms with van der Waals surface area (Å²) in [5.41, 5.74) is 0.244. The summed E-state index contributed by atoms with van der Waals surface area (Å²) in [6.07, 6.45) is 1.04. The Kier molecular flexibility index (Phi) is 8.34. The van der Waals surface area contributed by atoms with E-state index >= 15 is 0 Å². The van der Waals surface area contributed by atoms with Gasteiger partial charge >= 0.3 is 17.9 Å². The predicted octanol–water partition coefficient (Wildman–Crippen LogP) is 2.47. The minimum absolute atomic E-state index is 0.00725. The summed E-state index contributed by atoms with van der Waals surface area (Å²) in [6.45, 7) is 6.29. The average Bonchev–Trinajstić information content (AvgIpc) is 2.77. The van der Waals surface area contributed by atoms with Crippen LogP contribution in [0.2, 0.25) is 0 Å². The molecule has 0 saturated carbocycles. The summed E-state index contributed by atoms with van der Waals surface area (Å²) in [5, 5.41) is 8.77. The lowest BCUT2D eigenvalue weighted by Gasteiger charge is -2.09. The molecule has 0 aromatic heterocycles. The minimum Gasteiger partial charge on any atom is -0.490 e. The Labute approximate surface area is 172 Å². The van der Waals surface area contributed by atoms with Crippen LogP contribution in [0.4, 0.5) is 0 Å². The Morgan fingerprint density at radius 1 is 0.867 bits per heavy atom. The van der Waals surface area contributed by atoms with Crippen molar-refractivity contribution in [3.05, 3.63) is 78.9 Å². The van der Waals surface area contributed by atoms with E-state index in [1.165, 1.54) is 24.3 Å². The van der Waals surface area contributed by atoms with Crippen LogP contribution in [0.15, 0.2) is 73.3 Å². The highest BCUT2D eigenvalue weighted by atomic mass is 16.6. The fourth-order valence-electron chi connectivity index (χ4n) is 2.05. The second-order valence-corrected chi connectivity index (χ2v) is 5.76. The van der Waals surface area contributed by atoms with Gasteiger partial charge in [-0.3, -0.25) is 0 Å². The van der Waals surface area contributed by atoms with Crippen LogP contribution < -0.4 is 14.2 Å². The van der Waals surface area contributed by atoms with Gasteiger partial charge in [0.2, 0.25) is 0 Å². The topological polar surface area (TPSA) is 108 Å². The second-order valence-electron chi connectivity index (χ2n) is 5.76. The standard InChI is InChI=1S/C22H20O8/c1-3-20(24)29-18-6-4-16(5-7-18)22(26)30-19-10-8-17(9-11-19)27-12-13-28-21(25)15(2)14-23/h3-11,23H,1-2,12-14H2. The molecular formula is C22H20O8. The number of aliphatic hydroxyl groups is 1. The maximum absolute atomic E-state index is 12.2. The largest absolute Gasteiger partial charge is 0.490 e. The van der Waals surface area contributed by atoms with E-state index in [1.807, 2.05) is 0 Å². The normalized spacial score (nSPS) is 9.90. The smallest absolute Gasteiger partial charge is 0.343 e. The van der Waals surface area contributed by atoms with Gasteiger partial charge in [-0.25, -0.2) is 14.4 Å². The van der Waals surface area contributed by atoms with Crippen LogP contribution in [0, 0.1) is 0 Å². The first-order chi connectivity index (χ1) is 14.4. The molecule has 8 heteroatoms. The van der Waals surface area contributed by atoms with Crippen LogP contribution in [-0.2, 0) is 14.3 Å². The summed E-state index contributed by atoms with van der Waals surface area (Å²) >= 11 is 0. The van der Waals surface area contributed by atoms with Gasteiger partial charge in [0.25, 0.3) is 0 Å². The number of esters is 3. The number of carbonyl (C=O) groups is 3. The van der Waals surface area contributed by atoms with E-state index in [0.29, 0.717) is 11.5 Å². The lowest BCUT2D eigenvalue weighted by molar-refractivity contribution is -0.140. The molecule has 0 atom stereocenters. The van der Waals surface area contributed by atoms with Crippen molar-refractivity contribution in [3.63, 3.8) is 0 Å². The second kappa shape index (κ2) is 11.2. The SMILES string of the molecule is C=CC(=O)Oc1ccc(C(=O)Oc2ccc(OCCOC(=O)C(=C)CO)cc2)cc1. The van der Waals surface area contributed by atoms with Crippen molar-refractivity contribution >= 4 is 17.9 Å². The molecule has 0 unspecified atom stereocenters. The molecule has 1 N–H and O–H groups in total. The molecule has 2 rings (SSSR count). The number of aliphatic hydroxyl groups excluding tert-OH is 1. The molecule has 2 aromatic carbocycles. The van der Waals surface area contributed by atoms with Crippen molar-refractivity contribution in [1.29, 1.82) is 0 Å². The van der Waals surface area contributed by atoms with E-state index in [0.717, 1.165) is 6.08 Å². The summed E-state index contributed by atoms with van der Waals surface area (Å²) in [7, 11) is 0. The number of rotatable bonds is 10. The zero-order valence-electron chi connectivity index (χ0n) is 16.0. The van der Waals surface area contributed by atoms with Crippen LogP contribution in [0.3, 0.4) is 0 Å². The maximum Gasteiger partial charge on any atom is 0.343 e. The van der Waals surface area contributed by atoms with E-state index in [4.69, 9.17) is 24.1 Å². The van der Waals surface area contributed by atoms with Crippen molar-refractivity contribution in [1.82, 2.24) is 0 Å². The number of carbonyl (C=O) groups excluding carboxylic acids is 3. The van der Waals surface area contributed by atoms with Gasteiger partial charge in [0.05, 0.1) is 17.7 Å². The molecule has 0 bridgehead atoms. The molecule has 8 nitrogen and oxygen atoms in total. The van der Waals surface area contributed by atoms with Gasteiger partial charge in [0.1, 0.15) is 30.5 Å². The van der Waals surface area contributed by atoms with Crippen LogP contribution >= 0.6 is 0 Å². The lowest BCUT2D eigenvalue weighted by atomic mass is 10.2. The minimum atomic E-state index is -0.685. The molecule has 0 aliphatic heterocycles. The quantitative estimate of drug-likeness (QED) is 0.274. The zero-order valence-corrected chi connectivity index (χ0v) is 16.0. The maximum atomic E-state index is 12.2. The van der Waals surface area contributed by atoms with Gasteiger partial charge in [-0.05, 0) is 48.5 Å². The monoisotopic (exact) mass is 412 g/mol. The molecule has 2 aromatic rings. The molecule has 0 saturated heterocycles. The number of hydrogen-bond acceptors (Lipinski definition) is 8. The van der Waals surface area contributed by atoms with Gasteiger partial charge in [-0.15, -0.1) is 0 Å². The van der Waals surface area contributed by atoms with Gasteiger partial charge in [0.15, 0.2) is 0 Å². The third-order valence-corrected chi connectivity index (χ3v) is 3.57. The first-order valence-corrected chi connectivity index (χ1v) is 8.78. The van der Waals surface area contributed by atoms with Gasteiger partial charge in [0, 0.05) is 6.08 Å². The van der Waals surface area contributed by atoms with Crippen LogP contribution in [-0.4, -0.2) is 42.8 Å². The summed E-state index contributed by atoms with van der Waals surface area (Å²) in [6, 6.07) is 12.2. The van der Waals surface area contributed by atoms with Crippen molar-refractivity contribution in [2.24, 2.45) is 0 Å². The summed E-state index contributed by atoms with van der Waals surface area (Å²) in [4.78, 5) is 34.7. The molecule has 0 aliphatic carbocycles. The van der Waals surface area contributed by atoms with E-state index < -0.39 is 24.5 Å². The summed E-state index contributed by atoms with van der Waals surface area (Å²) in [5.74, 6) is -0.789. The Morgan fingerprint density at radius 3 is 2.03 bits per heavy atom. The molecule has 0 amide bonds. The van der Waals surface area contributed by atoms with Crippen LogP contribution in [0.25, 0.3) is 0 Å². The van der Waals surface area contributed by atoms with Crippen LogP contribution in [0.5, 0.6) is 17.2 Å². The van der Waals surface area contributed by atoms with Gasteiger partial charge in [-0.1, -0.05) is 13.2 Å². The average molecular weight is 412 g/mol. The van der Waals surface area contributed by atoms with E-state index in [2.05, 4.69) is 13.2 Å². The highest BCUT2D eigenvalue weighted by molar-refractivity contribution is 5.91. The first-order valence-electron chi connectivity index (χ1n) is 8.78. The highest BCUT2D eigenvalue weighted by Crippen LogP contribution is 2.20.